The molecule has 4 rings (SSSR count). The third kappa shape index (κ3) is 5.54. The SMILES string of the molecule is CCOc1cc(CNCCc2nc3ccccc3[nH]2)ccc1OCc1c(Cl)cccc1Cl. The summed E-state index contributed by atoms with van der Waals surface area (Å²) in [6.07, 6.45) is 0.826. The number of hydrogen-bond donors (Lipinski definition) is 2. The molecule has 1 aromatic heterocycles. The van der Waals surface area contributed by atoms with Gasteiger partial charge in [-0.1, -0.05) is 47.5 Å². The van der Waals surface area contributed by atoms with Gasteiger partial charge in [0, 0.05) is 35.1 Å². The number of H-pyrrole nitrogens is 1. The number of fused-ring (bicyclic) bond motifs is 1. The molecule has 0 amide bonds. The summed E-state index contributed by atoms with van der Waals surface area (Å²) in [5.41, 5.74) is 3.94. The van der Waals surface area contributed by atoms with Gasteiger partial charge >= 0.3 is 0 Å². The van der Waals surface area contributed by atoms with Gasteiger partial charge in [0.25, 0.3) is 0 Å². The van der Waals surface area contributed by atoms with Crippen LogP contribution in [0.5, 0.6) is 11.5 Å². The molecule has 2 N–H and O–H groups in total. The maximum atomic E-state index is 6.25. The van der Waals surface area contributed by atoms with E-state index in [4.69, 9.17) is 32.7 Å². The van der Waals surface area contributed by atoms with Gasteiger partial charge in [0.05, 0.1) is 17.6 Å². The van der Waals surface area contributed by atoms with E-state index in [0.717, 1.165) is 47.5 Å². The summed E-state index contributed by atoms with van der Waals surface area (Å²) in [6.45, 7) is 4.30. The molecule has 0 radical (unpaired) electrons. The van der Waals surface area contributed by atoms with Gasteiger partial charge in [-0.2, -0.15) is 0 Å². The van der Waals surface area contributed by atoms with Crippen LogP contribution in [0.3, 0.4) is 0 Å². The standard InChI is InChI=1S/C25H25Cl2N3O2/c1-2-31-24-14-17(10-11-23(24)32-16-18-19(26)6-5-7-20(18)27)15-28-13-12-25-29-21-8-3-4-9-22(21)30-25/h3-11,14,28H,2,12-13,15-16H2,1H3,(H,29,30). The molecule has 0 saturated heterocycles. The Morgan fingerprint density at radius 2 is 1.75 bits per heavy atom. The minimum Gasteiger partial charge on any atom is -0.490 e. The fourth-order valence-electron chi connectivity index (χ4n) is 3.43. The van der Waals surface area contributed by atoms with Crippen LogP contribution in [0, 0.1) is 0 Å². The molecule has 0 aliphatic heterocycles. The number of nitrogens with one attached hydrogen (secondary N) is 2. The van der Waals surface area contributed by atoms with E-state index in [2.05, 4.69) is 15.3 Å². The average molecular weight is 470 g/mol. The van der Waals surface area contributed by atoms with Crippen LogP contribution < -0.4 is 14.8 Å². The summed E-state index contributed by atoms with van der Waals surface area (Å²) in [5.74, 6) is 2.34. The first-order valence-corrected chi connectivity index (χ1v) is 11.4. The lowest BCUT2D eigenvalue weighted by atomic mass is 10.2. The van der Waals surface area contributed by atoms with Crippen molar-refractivity contribution in [3.63, 3.8) is 0 Å². The molecule has 0 aliphatic rings. The first-order valence-electron chi connectivity index (χ1n) is 10.6. The van der Waals surface area contributed by atoms with E-state index in [1.54, 1.807) is 12.1 Å². The number of hydrogen-bond acceptors (Lipinski definition) is 4. The molecule has 0 saturated carbocycles. The van der Waals surface area contributed by atoms with Crippen molar-refractivity contribution in [3.05, 3.63) is 87.7 Å². The second-order valence-corrected chi connectivity index (χ2v) is 8.14. The highest BCUT2D eigenvalue weighted by atomic mass is 35.5. The van der Waals surface area contributed by atoms with Crippen LogP contribution in [0.1, 0.15) is 23.9 Å². The molecule has 3 aromatic carbocycles. The van der Waals surface area contributed by atoms with E-state index in [1.165, 1.54) is 0 Å². The zero-order valence-corrected chi connectivity index (χ0v) is 19.3. The zero-order chi connectivity index (χ0) is 22.3. The molecule has 1 heterocycles. The molecule has 0 spiro atoms. The Morgan fingerprint density at radius 3 is 2.53 bits per heavy atom. The Kier molecular flexibility index (Phi) is 7.53. The predicted octanol–water partition coefficient (Wildman–Crippen LogP) is 6.18. The molecule has 5 nitrogen and oxygen atoms in total. The van der Waals surface area contributed by atoms with Crippen molar-refractivity contribution in [1.82, 2.24) is 15.3 Å². The van der Waals surface area contributed by atoms with Crippen molar-refractivity contribution in [2.45, 2.75) is 26.5 Å². The second-order valence-electron chi connectivity index (χ2n) is 7.33. The summed E-state index contributed by atoms with van der Waals surface area (Å²) in [7, 11) is 0. The molecule has 0 aliphatic carbocycles. The fraction of sp³-hybridized carbons (Fsp3) is 0.240. The number of aromatic nitrogens is 2. The van der Waals surface area contributed by atoms with Crippen LogP contribution >= 0.6 is 23.2 Å². The number of rotatable bonds is 10. The summed E-state index contributed by atoms with van der Waals surface area (Å²) in [6, 6.07) is 19.4. The van der Waals surface area contributed by atoms with Gasteiger partial charge in [0.15, 0.2) is 11.5 Å². The highest BCUT2D eigenvalue weighted by Gasteiger charge is 2.11. The van der Waals surface area contributed by atoms with Gasteiger partial charge in [-0.3, -0.25) is 0 Å². The smallest absolute Gasteiger partial charge is 0.161 e. The highest BCUT2D eigenvalue weighted by molar-refractivity contribution is 6.35. The predicted molar refractivity (Wildman–Crippen MR) is 130 cm³/mol. The minimum absolute atomic E-state index is 0.272. The maximum Gasteiger partial charge on any atom is 0.161 e. The minimum atomic E-state index is 0.272. The van der Waals surface area contributed by atoms with Gasteiger partial charge in [-0.25, -0.2) is 4.98 Å². The van der Waals surface area contributed by atoms with Gasteiger partial charge < -0.3 is 19.8 Å². The number of nitrogens with zero attached hydrogens (tertiary/aromatic N) is 1. The van der Waals surface area contributed by atoms with Crippen molar-refractivity contribution >= 4 is 34.2 Å². The number of imidazole rings is 1. The molecular weight excluding hydrogens is 445 g/mol. The molecule has 0 fully saturated rings. The molecule has 0 atom stereocenters. The lowest BCUT2D eigenvalue weighted by molar-refractivity contribution is 0.269. The quantitative estimate of drug-likeness (QED) is 0.272. The van der Waals surface area contributed by atoms with Gasteiger partial charge in [0.2, 0.25) is 0 Å². The Hall–Kier alpha value is -2.73. The molecule has 0 unspecified atom stereocenters. The van der Waals surface area contributed by atoms with E-state index in [0.29, 0.717) is 28.2 Å². The van der Waals surface area contributed by atoms with Crippen molar-refractivity contribution in [3.8, 4) is 11.5 Å². The van der Waals surface area contributed by atoms with Crippen LogP contribution in [0.15, 0.2) is 60.7 Å². The number of benzene rings is 3. The Labute approximate surface area is 197 Å². The van der Waals surface area contributed by atoms with E-state index < -0.39 is 0 Å². The third-order valence-corrected chi connectivity index (χ3v) is 5.76. The molecular formula is C25H25Cl2N3O2. The number of ether oxygens (including phenoxy) is 2. The van der Waals surface area contributed by atoms with Gasteiger partial charge in [-0.05, 0) is 48.9 Å². The number of aromatic amines is 1. The molecule has 166 valence electrons. The topological polar surface area (TPSA) is 59.2 Å². The van der Waals surface area contributed by atoms with Gasteiger partial charge in [0.1, 0.15) is 12.4 Å². The lowest BCUT2D eigenvalue weighted by Gasteiger charge is -2.15. The van der Waals surface area contributed by atoms with Crippen molar-refractivity contribution in [2.24, 2.45) is 0 Å². The molecule has 4 aromatic rings. The summed E-state index contributed by atoms with van der Waals surface area (Å²) in [5, 5.41) is 4.63. The molecule has 0 bridgehead atoms. The van der Waals surface area contributed by atoms with Crippen LogP contribution in [-0.2, 0) is 19.6 Å². The largest absolute Gasteiger partial charge is 0.490 e. The summed E-state index contributed by atoms with van der Waals surface area (Å²) >= 11 is 12.5. The van der Waals surface area contributed by atoms with Crippen LogP contribution in [-0.4, -0.2) is 23.1 Å². The van der Waals surface area contributed by atoms with Crippen LogP contribution in [0.2, 0.25) is 10.0 Å². The van der Waals surface area contributed by atoms with Crippen molar-refractivity contribution in [1.29, 1.82) is 0 Å². The highest BCUT2D eigenvalue weighted by Crippen LogP contribution is 2.31. The lowest BCUT2D eigenvalue weighted by Crippen LogP contribution is -2.17. The van der Waals surface area contributed by atoms with E-state index >= 15 is 0 Å². The molecule has 32 heavy (non-hydrogen) atoms. The average Bonchev–Trinajstić information content (AvgIpc) is 3.21. The summed E-state index contributed by atoms with van der Waals surface area (Å²) in [4.78, 5) is 7.97. The van der Waals surface area contributed by atoms with E-state index in [-0.39, 0.29) is 6.61 Å². The van der Waals surface area contributed by atoms with Gasteiger partial charge in [-0.15, -0.1) is 0 Å². The first kappa shape index (κ1) is 22.5. The van der Waals surface area contributed by atoms with Crippen molar-refractivity contribution < 1.29 is 9.47 Å². The zero-order valence-electron chi connectivity index (χ0n) is 17.8. The van der Waals surface area contributed by atoms with E-state index in [9.17, 15) is 0 Å². The van der Waals surface area contributed by atoms with Crippen LogP contribution in [0.25, 0.3) is 11.0 Å². The Bertz CT molecular complexity index is 1140. The van der Waals surface area contributed by atoms with Crippen molar-refractivity contribution in [2.75, 3.05) is 13.2 Å². The molecule has 7 heteroatoms. The first-order chi connectivity index (χ1) is 15.6. The van der Waals surface area contributed by atoms with Crippen LogP contribution in [0.4, 0.5) is 0 Å². The second kappa shape index (κ2) is 10.7. The normalized spacial score (nSPS) is 11.1. The third-order valence-electron chi connectivity index (χ3n) is 5.05. The monoisotopic (exact) mass is 469 g/mol. The van der Waals surface area contributed by atoms with E-state index in [1.807, 2.05) is 55.5 Å². The maximum absolute atomic E-state index is 6.25. The number of para-hydroxylation sites is 2. The summed E-state index contributed by atoms with van der Waals surface area (Å²) < 4.78 is 11.8. The number of halogens is 2. The Morgan fingerprint density at radius 1 is 0.938 bits per heavy atom. The fourth-order valence-corrected chi connectivity index (χ4v) is 3.94. The Balaban J connectivity index is 1.34.